The molecule has 5 nitrogen and oxygen atoms in total. The molecule has 1 N–H and O–H groups in total. The fourth-order valence-electron chi connectivity index (χ4n) is 2.22. The number of hydrogen-bond donors (Lipinski definition) is 1. The molecule has 122 valence electrons. The fourth-order valence-corrected chi connectivity index (χ4v) is 2.22. The van der Waals surface area contributed by atoms with E-state index in [-0.39, 0.29) is 0 Å². The highest BCUT2D eigenvalue weighted by Crippen LogP contribution is 2.12. The minimum Gasteiger partial charge on any atom is -0.497 e. The van der Waals surface area contributed by atoms with Crippen molar-refractivity contribution >= 4 is 11.8 Å². The van der Waals surface area contributed by atoms with Gasteiger partial charge in [0.05, 0.1) is 7.11 Å². The molecule has 2 amide bonds. The van der Waals surface area contributed by atoms with Crippen LogP contribution in [0.1, 0.15) is 32.3 Å². The smallest absolute Gasteiger partial charge is 0.311 e. The van der Waals surface area contributed by atoms with Gasteiger partial charge in [0.2, 0.25) is 0 Å². The number of hydrogen-bond acceptors (Lipinski definition) is 3. The first kappa shape index (κ1) is 18.0. The average molecular weight is 306 g/mol. The van der Waals surface area contributed by atoms with Crippen molar-refractivity contribution in [2.24, 2.45) is 0 Å². The first-order chi connectivity index (χ1) is 10.6. The third-order valence-corrected chi connectivity index (χ3v) is 3.30. The van der Waals surface area contributed by atoms with Gasteiger partial charge in [-0.05, 0) is 37.0 Å². The summed E-state index contributed by atoms with van der Waals surface area (Å²) in [5, 5.41) is 2.69. The summed E-state index contributed by atoms with van der Waals surface area (Å²) in [6.45, 7) is 5.67. The first-order valence-electron chi connectivity index (χ1n) is 7.82. The summed E-state index contributed by atoms with van der Waals surface area (Å²) in [6.07, 6.45) is 2.36. The molecule has 0 radical (unpaired) electrons. The normalized spacial score (nSPS) is 10.1. The molecule has 0 fully saturated rings. The van der Waals surface area contributed by atoms with Crippen LogP contribution in [0.3, 0.4) is 0 Å². The molecule has 1 aromatic carbocycles. The van der Waals surface area contributed by atoms with Crippen LogP contribution in [0.4, 0.5) is 0 Å². The Morgan fingerprint density at radius 1 is 1.18 bits per heavy atom. The molecule has 0 atom stereocenters. The molecule has 0 aromatic heterocycles. The maximum atomic E-state index is 12.1. The standard InChI is InChI=1S/C17H26N2O3/c1-4-11-19(12-5-2)17(21)16(20)18-10-9-14-7-6-8-15(13-14)22-3/h6-8,13H,4-5,9-12H2,1-3H3,(H,18,20). The van der Waals surface area contributed by atoms with E-state index in [1.165, 1.54) is 0 Å². The summed E-state index contributed by atoms with van der Waals surface area (Å²) >= 11 is 0. The van der Waals surface area contributed by atoms with Gasteiger partial charge < -0.3 is 15.0 Å². The van der Waals surface area contributed by atoms with E-state index in [9.17, 15) is 9.59 Å². The minimum absolute atomic E-state index is 0.434. The van der Waals surface area contributed by atoms with Gasteiger partial charge in [-0.1, -0.05) is 26.0 Å². The maximum Gasteiger partial charge on any atom is 0.311 e. The second-order valence-corrected chi connectivity index (χ2v) is 5.15. The van der Waals surface area contributed by atoms with Crippen molar-refractivity contribution in [1.82, 2.24) is 10.2 Å². The molecule has 5 heteroatoms. The SMILES string of the molecule is CCCN(CCC)C(=O)C(=O)NCCc1cccc(OC)c1. The van der Waals surface area contributed by atoms with Crippen molar-refractivity contribution in [3.05, 3.63) is 29.8 Å². The van der Waals surface area contributed by atoms with Crippen molar-refractivity contribution in [2.45, 2.75) is 33.1 Å². The summed E-state index contributed by atoms with van der Waals surface area (Å²) in [5.41, 5.74) is 1.06. The zero-order valence-corrected chi connectivity index (χ0v) is 13.7. The van der Waals surface area contributed by atoms with Gasteiger partial charge in [0, 0.05) is 19.6 Å². The summed E-state index contributed by atoms with van der Waals surface area (Å²) in [6, 6.07) is 7.68. The van der Waals surface area contributed by atoms with E-state index in [4.69, 9.17) is 4.74 Å². The topological polar surface area (TPSA) is 58.6 Å². The second kappa shape index (κ2) is 9.82. The molecule has 1 aromatic rings. The molecular formula is C17H26N2O3. The van der Waals surface area contributed by atoms with Gasteiger partial charge in [-0.3, -0.25) is 9.59 Å². The Bertz CT molecular complexity index is 483. The van der Waals surface area contributed by atoms with Gasteiger partial charge >= 0.3 is 11.8 Å². The van der Waals surface area contributed by atoms with Crippen molar-refractivity contribution in [3.8, 4) is 5.75 Å². The molecule has 0 aliphatic carbocycles. The van der Waals surface area contributed by atoms with Gasteiger partial charge in [-0.25, -0.2) is 0 Å². The predicted molar refractivity (Wildman–Crippen MR) is 86.9 cm³/mol. The Morgan fingerprint density at radius 3 is 2.45 bits per heavy atom. The summed E-state index contributed by atoms with van der Waals surface area (Å²) < 4.78 is 5.16. The molecule has 0 aliphatic heterocycles. The van der Waals surface area contributed by atoms with E-state index >= 15 is 0 Å². The Labute approximate surface area is 132 Å². The van der Waals surface area contributed by atoms with Gasteiger partial charge in [0.1, 0.15) is 5.75 Å². The van der Waals surface area contributed by atoms with Crippen LogP contribution in [0.5, 0.6) is 5.75 Å². The number of methoxy groups -OCH3 is 1. The van der Waals surface area contributed by atoms with Gasteiger partial charge in [-0.2, -0.15) is 0 Å². The molecule has 0 heterocycles. The monoisotopic (exact) mass is 306 g/mol. The summed E-state index contributed by atoms with van der Waals surface area (Å²) in [4.78, 5) is 25.6. The highest BCUT2D eigenvalue weighted by Gasteiger charge is 2.19. The van der Waals surface area contributed by atoms with Crippen LogP contribution < -0.4 is 10.1 Å². The first-order valence-corrected chi connectivity index (χ1v) is 7.82. The highest BCUT2D eigenvalue weighted by atomic mass is 16.5. The second-order valence-electron chi connectivity index (χ2n) is 5.15. The van der Waals surface area contributed by atoms with E-state index in [0.29, 0.717) is 26.1 Å². The van der Waals surface area contributed by atoms with Gasteiger partial charge in [-0.15, -0.1) is 0 Å². The Hall–Kier alpha value is -2.04. The van der Waals surface area contributed by atoms with Gasteiger partial charge in [0.25, 0.3) is 0 Å². The van der Waals surface area contributed by atoms with Crippen LogP contribution in [0.25, 0.3) is 0 Å². The third kappa shape index (κ3) is 5.76. The number of carbonyl (C=O) groups is 2. The largest absolute Gasteiger partial charge is 0.497 e. The van der Waals surface area contributed by atoms with Crippen LogP contribution >= 0.6 is 0 Å². The number of rotatable bonds is 8. The molecule has 0 saturated heterocycles. The minimum atomic E-state index is -0.523. The molecule has 0 bridgehead atoms. The Morgan fingerprint density at radius 2 is 1.86 bits per heavy atom. The maximum absolute atomic E-state index is 12.1. The Kier molecular flexibility index (Phi) is 8.04. The highest BCUT2D eigenvalue weighted by molar-refractivity contribution is 6.35. The van der Waals surface area contributed by atoms with Crippen LogP contribution in [0.15, 0.2) is 24.3 Å². The lowest BCUT2D eigenvalue weighted by molar-refractivity contribution is -0.145. The van der Waals surface area contributed by atoms with E-state index < -0.39 is 11.8 Å². The number of carbonyl (C=O) groups excluding carboxylic acids is 2. The van der Waals surface area contributed by atoms with Crippen molar-refractivity contribution < 1.29 is 14.3 Å². The van der Waals surface area contributed by atoms with Crippen molar-refractivity contribution in [2.75, 3.05) is 26.7 Å². The molecule has 0 unspecified atom stereocenters. The lowest BCUT2D eigenvalue weighted by Crippen LogP contribution is -2.44. The average Bonchev–Trinajstić information content (AvgIpc) is 2.54. The van der Waals surface area contributed by atoms with E-state index in [1.807, 2.05) is 38.1 Å². The zero-order chi connectivity index (χ0) is 16.4. The number of amides is 2. The number of nitrogens with zero attached hydrogens (tertiary/aromatic N) is 1. The lowest BCUT2D eigenvalue weighted by atomic mass is 10.1. The number of nitrogens with one attached hydrogen (secondary N) is 1. The van der Waals surface area contributed by atoms with E-state index in [0.717, 1.165) is 24.2 Å². The van der Waals surface area contributed by atoms with Crippen molar-refractivity contribution in [1.29, 1.82) is 0 Å². The molecule has 22 heavy (non-hydrogen) atoms. The summed E-state index contributed by atoms with van der Waals surface area (Å²) in [7, 11) is 1.62. The third-order valence-electron chi connectivity index (χ3n) is 3.30. The molecule has 0 spiro atoms. The van der Waals surface area contributed by atoms with E-state index in [2.05, 4.69) is 5.32 Å². The zero-order valence-electron chi connectivity index (χ0n) is 13.7. The molecule has 1 rings (SSSR count). The predicted octanol–water partition coefficient (Wildman–Crippen LogP) is 2.00. The van der Waals surface area contributed by atoms with Crippen LogP contribution in [0.2, 0.25) is 0 Å². The number of benzene rings is 1. The molecule has 0 saturated carbocycles. The molecule has 0 aliphatic rings. The van der Waals surface area contributed by atoms with Crippen LogP contribution in [-0.4, -0.2) is 43.5 Å². The quantitative estimate of drug-likeness (QED) is 0.747. The number of ether oxygens (including phenoxy) is 1. The fraction of sp³-hybridized carbons (Fsp3) is 0.529. The Balaban J connectivity index is 2.45. The van der Waals surface area contributed by atoms with E-state index in [1.54, 1.807) is 12.0 Å². The summed E-state index contributed by atoms with van der Waals surface area (Å²) in [5.74, 6) is -0.170. The van der Waals surface area contributed by atoms with Crippen molar-refractivity contribution in [3.63, 3.8) is 0 Å². The van der Waals surface area contributed by atoms with Gasteiger partial charge in [0.15, 0.2) is 0 Å². The molecular weight excluding hydrogens is 280 g/mol. The lowest BCUT2D eigenvalue weighted by Gasteiger charge is -2.20. The van der Waals surface area contributed by atoms with Crippen LogP contribution in [-0.2, 0) is 16.0 Å². The van der Waals surface area contributed by atoms with Crippen LogP contribution in [0, 0.1) is 0 Å².